The fourth-order valence-corrected chi connectivity index (χ4v) is 2.76. The van der Waals surface area contributed by atoms with Crippen LogP contribution in [0.25, 0.3) is 0 Å². The van der Waals surface area contributed by atoms with E-state index in [0.717, 1.165) is 16.8 Å². The Morgan fingerprint density at radius 2 is 1.80 bits per heavy atom. The summed E-state index contributed by atoms with van der Waals surface area (Å²) in [7, 11) is 1.40. The number of amides is 1. The molecule has 2 N–H and O–H groups in total. The summed E-state index contributed by atoms with van der Waals surface area (Å²) in [5.41, 5.74) is 2.80. The van der Waals surface area contributed by atoms with Crippen molar-refractivity contribution < 1.29 is 14.3 Å². The normalized spacial score (nSPS) is 12.9. The minimum atomic E-state index is -0.328. The molecule has 0 aromatic heterocycles. The van der Waals surface area contributed by atoms with Crippen LogP contribution in [0.3, 0.4) is 0 Å². The molecule has 0 saturated heterocycles. The Labute approximate surface area is 148 Å². The smallest absolute Gasteiger partial charge is 0.310 e. The number of carbonyl (C=O) groups excluding carboxylic acids is 2. The Bertz CT molecular complexity index is 716. The van der Waals surface area contributed by atoms with Gasteiger partial charge in [-0.05, 0) is 23.3 Å². The van der Waals surface area contributed by atoms with Gasteiger partial charge in [-0.1, -0.05) is 49.4 Å². The van der Waals surface area contributed by atoms with Crippen molar-refractivity contribution in [1.82, 2.24) is 5.32 Å². The monoisotopic (exact) mass is 340 g/mol. The van der Waals surface area contributed by atoms with Gasteiger partial charge in [-0.3, -0.25) is 9.59 Å². The zero-order valence-corrected chi connectivity index (χ0v) is 14.8. The lowest BCUT2D eigenvalue weighted by atomic mass is 9.94. The predicted octanol–water partition coefficient (Wildman–Crippen LogP) is 3.29. The van der Waals surface area contributed by atoms with E-state index in [4.69, 9.17) is 4.74 Å². The summed E-state index contributed by atoms with van der Waals surface area (Å²) in [6.45, 7) is 3.90. The standard InChI is InChI=1S/C20H24N2O3/c1-14(20(24)25-3)19(17-9-5-4-6-10-17)21-13-16-8-7-11-18(12-16)22-15(2)23/h4-12,14,19,21H,13H2,1-3H3,(H,22,23)/t14-,19+/m1/s1. The number of anilines is 1. The van der Waals surface area contributed by atoms with Crippen LogP contribution in [0.4, 0.5) is 5.69 Å². The minimum absolute atomic E-state index is 0.105. The van der Waals surface area contributed by atoms with Crippen molar-refractivity contribution in [3.63, 3.8) is 0 Å². The van der Waals surface area contributed by atoms with E-state index in [0.29, 0.717) is 6.54 Å². The van der Waals surface area contributed by atoms with Gasteiger partial charge in [-0.2, -0.15) is 0 Å². The van der Waals surface area contributed by atoms with Gasteiger partial charge in [-0.15, -0.1) is 0 Å². The number of nitrogens with one attached hydrogen (secondary N) is 2. The molecule has 1 amide bonds. The molecule has 2 aromatic rings. The highest BCUT2D eigenvalue weighted by molar-refractivity contribution is 5.88. The van der Waals surface area contributed by atoms with E-state index >= 15 is 0 Å². The number of benzene rings is 2. The third kappa shape index (κ3) is 5.43. The predicted molar refractivity (Wildman–Crippen MR) is 97.9 cm³/mol. The van der Waals surface area contributed by atoms with Gasteiger partial charge >= 0.3 is 5.97 Å². The van der Waals surface area contributed by atoms with E-state index in [2.05, 4.69) is 10.6 Å². The van der Waals surface area contributed by atoms with Gasteiger partial charge in [0, 0.05) is 25.2 Å². The fourth-order valence-electron chi connectivity index (χ4n) is 2.76. The largest absolute Gasteiger partial charge is 0.469 e. The van der Waals surface area contributed by atoms with Crippen LogP contribution in [0.2, 0.25) is 0 Å². The molecule has 0 spiro atoms. The summed E-state index contributed by atoms with van der Waals surface area (Å²) in [6, 6.07) is 17.3. The van der Waals surface area contributed by atoms with Crippen molar-refractivity contribution in [1.29, 1.82) is 0 Å². The first-order chi connectivity index (χ1) is 12.0. The van der Waals surface area contributed by atoms with Crippen molar-refractivity contribution in [2.24, 2.45) is 5.92 Å². The minimum Gasteiger partial charge on any atom is -0.469 e. The molecule has 0 heterocycles. The number of carbonyl (C=O) groups is 2. The maximum absolute atomic E-state index is 12.0. The molecule has 2 aromatic carbocycles. The Morgan fingerprint density at radius 3 is 2.44 bits per heavy atom. The van der Waals surface area contributed by atoms with Crippen molar-refractivity contribution in [3.05, 3.63) is 65.7 Å². The lowest BCUT2D eigenvalue weighted by molar-refractivity contribution is -0.146. The molecule has 0 aliphatic heterocycles. The van der Waals surface area contributed by atoms with E-state index in [1.807, 2.05) is 61.5 Å². The second kappa shape index (κ2) is 8.99. The van der Waals surface area contributed by atoms with Gasteiger partial charge in [0.2, 0.25) is 5.91 Å². The van der Waals surface area contributed by atoms with E-state index in [1.54, 1.807) is 0 Å². The number of ether oxygens (including phenoxy) is 1. The van der Waals surface area contributed by atoms with Crippen LogP contribution in [0.15, 0.2) is 54.6 Å². The van der Waals surface area contributed by atoms with E-state index < -0.39 is 0 Å². The van der Waals surface area contributed by atoms with Gasteiger partial charge < -0.3 is 15.4 Å². The molecule has 0 radical (unpaired) electrons. The number of rotatable bonds is 7. The maximum atomic E-state index is 12.0. The summed E-state index contributed by atoms with van der Waals surface area (Å²) in [5.74, 6) is -0.689. The molecule has 0 aliphatic carbocycles. The molecule has 0 fully saturated rings. The summed E-state index contributed by atoms with van der Waals surface area (Å²) < 4.78 is 4.90. The lowest BCUT2D eigenvalue weighted by Gasteiger charge is -2.24. The number of methoxy groups -OCH3 is 1. The molecule has 0 bridgehead atoms. The third-order valence-corrected chi connectivity index (χ3v) is 4.01. The maximum Gasteiger partial charge on any atom is 0.310 e. The first-order valence-corrected chi connectivity index (χ1v) is 8.24. The molecule has 25 heavy (non-hydrogen) atoms. The van der Waals surface area contributed by atoms with Gasteiger partial charge in [0.25, 0.3) is 0 Å². The zero-order chi connectivity index (χ0) is 18.2. The molecular weight excluding hydrogens is 316 g/mol. The summed E-state index contributed by atoms with van der Waals surface area (Å²) in [5, 5.41) is 6.21. The van der Waals surface area contributed by atoms with Crippen LogP contribution >= 0.6 is 0 Å². The average Bonchev–Trinajstić information content (AvgIpc) is 2.61. The molecule has 0 unspecified atom stereocenters. The molecular formula is C20H24N2O3. The van der Waals surface area contributed by atoms with Gasteiger partial charge in [0.05, 0.1) is 13.0 Å². The Hall–Kier alpha value is -2.66. The molecule has 132 valence electrons. The zero-order valence-electron chi connectivity index (χ0n) is 14.8. The van der Waals surface area contributed by atoms with Crippen molar-refractivity contribution in [3.8, 4) is 0 Å². The van der Waals surface area contributed by atoms with Crippen LogP contribution in [0, 0.1) is 5.92 Å². The quantitative estimate of drug-likeness (QED) is 0.759. The number of esters is 1. The molecule has 5 nitrogen and oxygen atoms in total. The van der Waals surface area contributed by atoms with Crippen molar-refractivity contribution in [2.75, 3.05) is 12.4 Å². The van der Waals surface area contributed by atoms with E-state index in [1.165, 1.54) is 14.0 Å². The van der Waals surface area contributed by atoms with Crippen molar-refractivity contribution >= 4 is 17.6 Å². The fraction of sp³-hybridized carbons (Fsp3) is 0.300. The Kier molecular flexibility index (Phi) is 6.71. The van der Waals surface area contributed by atoms with Crippen LogP contribution in [0.5, 0.6) is 0 Å². The summed E-state index contributed by atoms with van der Waals surface area (Å²) in [6.07, 6.45) is 0. The summed E-state index contributed by atoms with van der Waals surface area (Å²) in [4.78, 5) is 23.2. The Balaban J connectivity index is 2.15. The number of hydrogen-bond acceptors (Lipinski definition) is 4. The second-order valence-electron chi connectivity index (χ2n) is 5.96. The first kappa shape index (κ1) is 18.7. The topological polar surface area (TPSA) is 67.4 Å². The molecule has 0 saturated carbocycles. The van der Waals surface area contributed by atoms with Gasteiger partial charge in [-0.25, -0.2) is 0 Å². The average molecular weight is 340 g/mol. The number of hydrogen-bond donors (Lipinski definition) is 2. The van der Waals surface area contributed by atoms with Crippen LogP contribution in [0.1, 0.15) is 31.0 Å². The van der Waals surface area contributed by atoms with Crippen LogP contribution in [-0.2, 0) is 20.9 Å². The molecule has 5 heteroatoms. The van der Waals surface area contributed by atoms with Crippen LogP contribution in [-0.4, -0.2) is 19.0 Å². The van der Waals surface area contributed by atoms with E-state index in [9.17, 15) is 9.59 Å². The highest BCUT2D eigenvalue weighted by Crippen LogP contribution is 2.24. The highest BCUT2D eigenvalue weighted by atomic mass is 16.5. The first-order valence-electron chi connectivity index (χ1n) is 8.24. The molecule has 0 aliphatic rings. The van der Waals surface area contributed by atoms with Gasteiger partial charge in [0.15, 0.2) is 0 Å². The molecule has 2 atom stereocenters. The van der Waals surface area contributed by atoms with Crippen LogP contribution < -0.4 is 10.6 Å². The summed E-state index contributed by atoms with van der Waals surface area (Å²) >= 11 is 0. The Morgan fingerprint density at radius 1 is 1.08 bits per heavy atom. The second-order valence-corrected chi connectivity index (χ2v) is 5.96. The SMILES string of the molecule is COC(=O)[C@H](C)[C@H](NCc1cccc(NC(C)=O)c1)c1ccccc1. The lowest BCUT2D eigenvalue weighted by Crippen LogP contribution is -2.31. The molecule has 2 rings (SSSR count). The van der Waals surface area contributed by atoms with E-state index in [-0.39, 0.29) is 23.8 Å². The highest BCUT2D eigenvalue weighted by Gasteiger charge is 2.25. The van der Waals surface area contributed by atoms with Crippen molar-refractivity contribution in [2.45, 2.75) is 26.4 Å². The van der Waals surface area contributed by atoms with Gasteiger partial charge in [0.1, 0.15) is 0 Å². The third-order valence-electron chi connectivity index (χ3n) is 4.01.